The van der Waals surface area contributed by atoms with Crippen LogP contribution in [0, 0.1) is 18.3 Å². The number of nitrogens with zero attached hydrogens (tertiary/aromatic N) is 1. The highest BCUT2D eigenvalue weighted by Crippen LogP contribution is 2.39. The van der Waals surface area contributed by atoms with E-state index >= 15 is 0 Å². The molecule has 1 heterocycles. The molecule has 1 aliphatic carbocycles. The fourth-order valence-corrected chi connectivity index (χ4v) is 2.48. The average Bonchev–Trinajstić information content (AvgIpc) is 2.44. The molecular weight excluding hydrogens is 206 g/mol. The maximum absolute atomic E-state index is 12.2. The van der Waals surface area contributed by atoms with Gasteiger partial charge in [-0.1, -0.05) is 13.8 Å². The number of nitrogens with one attached hydrogen (secondary N) is 1. The van der Waals surface area contributed by atoms with Crippen LogP contribution in [-0.2, 0) is 11.2 Å². The van der Waals surface area contributed by atoms with Crippen LogP contribution in [0.2, 0.25) is 0 Å². The van der Waals surface area contributed by atoms with Gasteiger partial charge in [0, 0.05) is 5.69 Å². The fraction of sp³-hybridized carbons (Fsp3) is 0.545. The number of Topliss-reactive ketones (excluding diaryl/α,β-unsaturated/α-hetero) is 1. The summed E-state index contributed by atoms with van der Waals surface area (Å²) in [7, 11) is 0. The Labute approximate surface area is 93.4 Å². The molecule has 0 radical (unpaired) electrons. The average molecular weight is 221 g/mol. The summed E-state index contributed by atoms with van der Waals surface area (Å²) in [5.74, 6) is -1.51. The first-order valence-electron chi connectivity index (χ1n) is 5.22. The van der Waals surface area contributed by atoms with Gasteiger partial charge in [-0.2, -0.15) is 5.10 Å². The number of carbonyl (C=O) groups excluding carboxylic acids is 2. The van der Waals surface area contributed by atoms with E-state index < -0.39 is 17.2 Å². The van der Waals surface area contributed by atoms with Crippen molar-refractivity contribution in [3.63, 3.8) is 0 Å². The van der Waals surface area contributed by atoms with E-state index in [4.69, 9.17) is 5.73 Å². The molecule has 0 saturated carbocycles. The maximum Gasteiger partial charge on any atom is 0.228 e. The van der Waals surface area contributed by atoms with E-state index in [1.807, 2.05) is 13.8 Å². The van der Waals surface area contributed by atoms with E-state index in [9.17, 15) is 9.59 Å². The maximum atomic E-state index is 12.2. The Morgan fingerprint density at radius 1 is 1.56 bits per heavy atom. The monoisotopic (exact) mass is 221 g/mol. The van der Waals surface area contributed by atoms with Crippen LogP contribution in [0.4, 0.5) is 0 Å². The Hall–Kier alpha value is -1.65. The minimum atomic E-state index is -0.753. The molecule has 0 aromatic carbocycles. The predicted octanol–water partition coefficient (Wildman–Crippen LogP) is 0.585. The molecule has 5 nitrogen and oxygen atoms in total. The van der Waals surface area contributed by atoms with Crippen LogP contribution >= 0.6 is 0 Å². The summed E-state index contributed by atoms with van der Waals surface area (Å²) in [5.41, 5.74) is 6.85. The second-order valence-corrected chi connectivity index (χ2v) is 5.04. The zero-order valence-corrected chi connectivity index (χ0v) is 9.63. The molecule has 0 aliphatic heterocycles. The van der Waals surface area contributed by atoms with Crippen LogP contribution in [0.5, 0.6) is 0 Å². The Kier molecular flexibility index (Phi) is 2.15. The lowest BCUT2D eigenvalue weighted by atomic mass is 9.67. The highest BCUT2D eigenvalue weighted by Gasteiger charge is 2.46. The number of fused-ring (bicyclic) bond motifs is 1. The lowest BCUT2D eigenvalue weighted by Gasteiger charge is -2.34. The van der Waals surface area contributed by atoms with Crippen molar-refractivity contribution in [2.45, 2.75) is 27.2 Å². The van der Waals surface area contributed by atoms with Gasteiger partial charge in [0.2, 0.25) is 5.91 Å². The zero-order chi connectivity index (χ0) is 12.1. The Balaban J connectivity index is 2.58. The van der Waals surface area contributed by atoms with E-state index in [2.05, 4.69) is 10.2 Å². The lowest BCUT2D eigenvalue weighted by molar-refractivity contribution is -0.123. The first-order chi connectivity index (χ1) is 7.34. The summed E-state index contributed by atoms with van der Waals surface area (Å²) < 4.78 is 0. The molecule has 2 rings (SSSR count). The summed E-state index contributed by atoms with van der Waals surface area (Å²) in [6, 6.07) is 0. The second kappa shape index (κ2) is 3.17. The normalized spacial score (nSPS) is 22.9. The number of hydrogen-bond donors (Lipinski definition) is 2. The zero-order valence-electron chi connectivity index (χ0n) is 9.63. The predicted molar refractivity (Wildman–Crippen MR) is 57.8 cm³/mol. The number of rotatable bonds is 1. The largest absolute Gasteiger partial charge is 0.369 e. The van der Waals surface area contributed by atoms with Crippen molar-refractivity contribution in [2.75, 3.05) is 0 Å². The minimum absolute atomic E-state index is 0.204. The van der Waals surface area contributed by atoms with Crippen LogP contribution in [0.15, 0.2) is 0 Å². The van der Waals surface area contributed by atoms with Gasteiger partial charge in [0.1, 0.15) is 5.92 Å². The Bertz CT molecular complexity index is 474. The van der Waals surface area contributed by atoms with Crippen LogP contribution < -0.4 is 5.73 Å². The third kappa shape index (κ3) is 1.35. The van der Waals surface area contributed by atoms with Gasteiger partial charge >= 0.3 is 0 Å². The van der Waals surface area contributed by atoms with E-state index in [0.29, 0.717) is 17.7 Å². The molecule has 86 valence electrons. The molecule has 1 aromatic heterocycles. The number of hydrogen-bond acceptors (Lipinski definition) is 3. The molecule has 1 amide bonds. The molecule has 16 heavy (non-hydrogen) atoms. The van der Waals surface area contributed by atoms with E-state index in [1.54, 1.807) is 6.92 Å². The van der Waals surface area contributed by atoms with Gasteiger partial charge in [-0.15, -0.1) is 0 Å². The van der Waals surface area contributed by atoms with Crippen molar-refractivity contribution in [1.29, 1.82) is 0 Å². The first kappa shape index (κ1) is 10.9. The molecule has 0 bridgehead atoms. The van der Waals surface area contributed by atoms with Crippen molar-refractivity contribution < 1.29 is 9.59 Å². The summed E-state index contributed by atoms with van der Waals surface area (Å²) in [6.45, 7) is 5.51. The Morgan fingerprint density at radius 2 is 2.19 bits per heavy atom. The van der Waals surface area contributed by atoms with Crippen LogP contribution in [0.25, 0.3) is 0 Å². The number of H-pyrrole nitrogens is 1. The number of aromatic nitrogens is 2. The number of amides is 1. The van der Waals surface area contributed by atoms with E-state index in [-0.39, 0.29) is 5.78 Å². The quantitative estimate of drug-likeness (QED) is 0.680. The van der Waals surface area contributed by atoms with Crippen LogP contribution in [-0.4, -0.2) is 21.9 Å². The molecule has 1 aliphatic rings. The highest BCUT2D eigenvalue weighted by molar-refractivity contribution is 6.12. The van der Waals surface area contributed by atoms with Gasteiger partial charge in [0.05, 0.1) is 11.3 Å². The third-order valence-electron chi connectivity index (χ3n) is 3.22. The molecule has 3 N–H and O–H groups in total. The van der Waals surface area contributed by atoms with Gasteiger partial charge < -0.3 is 5.73 Å². The SMILES string of the molecule is Cc1[nH]nc2c1C(=O)C(C(N)=O)C(C)(C)C2. The van der Waals surface area contributed by atoms with E-state index in [1.165, 1.54) is 0 Å². The summed E-state index contributed by atoms with van der Waals surface area (Å²) in [6.07, 6.45) is 0.589. The molecule has 1 unspecified atom stereocenters. The van der Waals surface area contributed by atoms with Gasteiger partial charge in [-0.25, -0.2) is 0 Å². The fourth-order valence-electron chi connectivity index (χ4n) is 2.48. The van der Waals surface area contributed by atoms with Gasteiger partial charge in [-0.3, -0.25) is 14.7 Å². The van der Waals surface area contributed by atoms with Crippen molar-refractivity contribution in [3.8, 4) is 0 Å². The second-order valence-electron chi connectivity index (χ2n) is 5.04. The number of carbonyl (C=O) groups is 2. The van der Waals surface area contributed by atoms with Gasteiger partial charge in [-0.05, 0) is 18.8 Å². The number of ketones is 1. The number of aromatic amines is 1. The summed E-state index contributed by atoms with van der Waals surface area (Å²) >= 11 is 0. The first-order valence-corrected chi connectivity index (χ1v) is 5.22. The molecule has 5 heteroatoms. The molecule has 0 fully saturated rings. The van der Waals surface area contributed by atoms with Crippen molar-refractivity contribution >= 4 is 11.7 Å². The van der Waals surface area contributed by atoms with Crippen LogP contribution in [0.3, 0.4) is 0 Å². The molecule has 0 saturated heterocycles. The smallest absolute Gasteiger partial charge is 0.228 e. The summed E-state index contributed by atoms with van der Waals surface area (Å²) in [5, 5.41) is 6.88. The van der Waals surface area contributed by atoms with Crippen molar-refractivity contribution in [3.05, 3.63) is 17.0 Å². The Morgan fingerprint density at radius 3 is 2.75 bits per heavy atom. The van der Waals surface area contributed by atoms with Crippen LogP contribution in [0.1, 0.15) is 35.6 Å². The van der Waals surface area contributed by atoms with Crippen molar-refractivity contribution in [1.82, 2.24) is 10.2 Å². The highest BCUT2D eigenvalue weighted by atomic mass is 16.2. The minimum Gasteiger partial charge on any atom is -0.369 e. The number of nitrogens with two attached hydrogens (primary N) is 1. The molecule has 1 aromatic rings. The molecule has 1 atom stereocenters. The molecular formula is C11H15N3O2. The lowest BCUT2D eigenvalue weighted by Crippen LogP contribution is -2.45. The number of primary amides is 1. The standard InChI is InChI=1S/C11H15N3O2/c1-5-7-6(14-13-5)4-11(2,3)8(9(7)15)10(12)16/h8H,4H2,1-3H3,(H2,12,16)(H,13,14). The molecule has 0 spiro atoms. The van der Waals surface area contributed by atoms with Crippen molar-refractivity contribution in [2.24, 2.45) is 17.1 Å². The summed E-state index contributed by atoms with van der Waals surface area (Å²) in [4.78, 5) is 23.6. The third-order valence-corrected chi connectivity index (χ3v) is 3.22. The number of aryl methyl sites for hydroxylation is 1. The topological polar surface area (TPSA) is 88.8 Å². The van der Waals surface area contributed by atoms with E-state index in [0.717, 1.165) is 5.69 Å². The van der Waals surface area contributed by atoms with Gasteiger partial charge in [0.15, 0.2) is 5.78 Å². The van der Waals surface area contributed by atoms with Gasteiger partial charge in [0.25, 0.3) is 0 Å².